The van der Waals surface area contributed by atoms with Crippen molar-refractivity contribution in [2.45, 2.75) is 25.6 Å². The van der Waals surface area contributed by atoms with Crippen LogP contribution < -0.4 is 20.4 Å². The zero-order valence-corrected chi connectivity index (χ0v) is 20.0. The number of rotatable bonds is 6. The van der Waals surface area contributed by atoms with Crippen molar-refractivity contribution < 1.29 is 18.0 Å². The summed E-state index contributed by atoms with van der Waals surface area (Å²) in [6, 6.07) is 5.03. The summed E-state index contributed by atoms with van der Waals surface area (Å²) < 4.78 is 38.7. The summed E-state index contributed by atoms with van der Waals surface area (Å²) in [7, 11) is 3.86. The second-order valence-corrected chi connectivity index (χ2v) is 8.98. The first-order chi connectivity index (χ1) is 16.7. The number of carbonyl (C=O) groups excluding carboxylic acids is 1. The van der Waals surface area contributed by atoms with E-state index in [-0.39, 0.29) is 18.4 Å². The highest BCUT2D eigenvalue weighted by atomic mass is 19.4. The van der Waals surface area contributed by atoms with Crippen molar-refractivity contribution in [3.8, 4) is 0 Å². The molecular formula is C23H31F3N8O. The van der Waals surface area contributed by atoms with Gasteiger partial charge in [0, 0.05) is 58.8 Å². The van der Waals surface area contributed by atoms with Crippen LogP contribution in [0.5, 0.6) is 0 Å². The third-order valence-corrected chi connectivity index (χ3v) is 6.49. The molecule has 0 bridgehead atoms. The number of nitrogens with one attached hydrogen (secondary N) is 2. The molecule has 2 aliphatic rings. The lowest BCUT2D eigenvalue weighted by molar-refractivity contribution is -0.137. The van der Waals surface area contributed by atoms with Gasteiger partial charge in [0.25, 0.3) is 0 Å². The summed E-state index contributed by atoms with van der Waals surface area (Å²) in [6.07, 6.45) is -3.18. The Bertz CT molecular complexity index is 1020. The van der Waals surface area contributed by atoms with Crippen LogP contribution >= 0.6 is 0 Å². The summed E-state index contributed by atoms with van der Waals surface area (Å²) in [5, 5.41) is 5.80. The molecule has 0 spiro atoms. The fraction of sp³-hybridized carbons (Fsp3) is 0.565. The van der Waals surface area contributed by atoms with E-state index in [2.05, 4.69) is 42.3 Å². The van der Waals surface area contributed by atoms with Crippen molar-refractivity contribution in [3.63, 3.8) is 0 Å². The van der Waals surface area contributed by atoms with Gasteiger partial charge in [0.15, 0.2) is 0 Å². The van der Waals surface area contributed by atoms with Gasteiger partial charge in [-0.05, 0) is 37.6 Å². The second kappa shape index (κ2) is 10.6. The van der Waals surface area contributed by atoms with Gasteiger partial charge in [-0.3, -0.25) is 4.79 Å². The minimum atomic E-state index is -4.40. The average molecular weight is 493 g/mol. The number of halogens is 3. The summed E-state index contributed by atoms with van der Waals surface area (Å²) in [5.41, 5.74) is -0.293. The standard InChI is InChI=1S/C23H31F3N8O/c1-27-20-29-21(31-22(30-20)34-12-10-32(2)11-13-34)33-8-6-17(7-9-33)19(35)28-15-16-4-3-5-18(14-16)23(24,25)26/h3-5,14,17H,6-13,15H2,1-2H3,(H,28,35)(H,27,29,30,31). The van der Waals surface area contributed by atoms with Crippen LogP contribution in [-0.2, 0) is 17.5 Å². The third kappa shape index (κ3) is 6.30. The van der Waals surface area contributed by atoms with Gasteiger partial charge in [0.1, 0.15) is 0 Å². The van der Waals surface area contributed by atoms with E-state index in [1.54, 1.807) is 13.1 Å². The molecule has 1 aromatic carbocycles. The normalized spacial score (nSPS) is 18.0. The molecule has 1 amide bonds. The first-order valence-electron chi connectivity index (χ1n) is 11.8. The van der Waals surface area contributed by atoms with Crippen molar-refractivity contribution in [2.24, 2.45) is 5.92 Å². The summed E-state index contributed by atoms with van der Waals surface area (Å²) in [6.45, 7) is 4.85. The van der Waals surface area contributed by atoms with Gasteiger partial charge in [-0.1, -0.05) is 12.1 Å². The van der Waals surface area contributed by atoms with Crippen molar-refractivity contribution in [1.29, 1.82) is 0 Å². The zero-order valence-electron chi connectivity index (χ0n) is 20.0. The van der Waals surface area contributed by atoms with E-state index in [1.807, 2.05) is 0 Å². The highest BCUT2D eigenvalue weighted by Gasteiger charge is 2.31. The van der Waals surface area contributed by atoms with E-state index in [0.717, 1.165) is 38.3 Å². The molecule has 2 aromatic rings. The summed E-state index contributed by atoms with van der Waals surface area (Å²) in [4.78, 5) is 32.9. The van der Waals surface area contributed by atoms with Crippen LogP contribution in [0.15, 0.2) is 24.3 Å². The van der Waals surface area contributed by atoms with Gasteiger partial charge in [0.05, 0.1) is 5.56 Å². The van der Waals surface area contributed by atoms with E-state index < -0.39 is 11.7 Å². The fourth-order valence-corrected chi connectivity index (χ4v) is 4.29. The molecule has 9 nitrogen and oxygen atoms in total. The molecular weight excluding hydrogens is 461 g/mol. The van der Waals surface area contributed by atoms with Crippen molar-refractivity contribution in [1.82, 2.24) is 25.2 Å². The van der Waals surface area contributed by atoms with Gasteiger partial charge in [-0.15, -0.1) is 0 Å². The molecule has 1 aromatic heterocycles. The number of piperazine rings is 1. The van der Waals surface area contributed by atoms with Gasteiger partial charge >= 0.3 is 6.18 Å². The van der Waals surface area contributed by atoms with Crippen molar-refractivity contribution >= 4 is 23.8 Å². The molecule has 190 valence electrons. The first-order valence-corrected chi connectivity index (χ1v) is 11.8. The van der Waals surface area contributed by atoms with E-state index in [0.29, 0.717) is 49.3 Å². The summed E-state index contributed by atoms with van der Waals surface area (Å²) in [5.74, 6) is 1.38. The zero-order chi connectivity index (χ0) is 25.0. The number of carbonyl (C=O) groups is 1. The number of amides is 1. The Kier molecular flexibility index (Phi) is 7.58. The molecule has 3 heterocycles. The highest BCUT2D eigenvalue weighted by molar-refractivity contribution is 5.79. The third-order valence-electron chi connectivity index (χ3n) is 6.49. The molecule has 2 aliphatic heterocycles. The summed E-state index contributed by atoms with van der Waals surface area (Å²) >= 11 is 0. The van der Waals surface area contributed by atoms with Crippen molar-refractivity contribution in [3.05, 3.63) is 35.4 Å². The SMILES string of the molecule is CNc1nc(N2CCC(C(=O)NCc3cccc(C(F)(F)F)c3)CC2)nc(N2CCN(C)CC2)n1. The lowest BCUT2D eigenvalue weighted by Crippen LogP contribution is -2.45. The number of piperidine rings is 1. The average Bonchev–Trinajstić information content (AvgIpc) is 2.87. The number of likely N-dealkylation sites (N-methyl/N-ethyl adjacent to an activating group) is 1. The van der Waals surface area contributed by atoms with Gasteiger partial charge < -0.3 is 25.3 Å². The van der Waals surface area contributed by atoms with Gasteiger partial charge in [-0.25, -0.2) is 0 Å². The van der Waals surface area contributed by atoms with E-state index >= 15 is 0 Å². The predicted octanol–water partition coefficient (Wildman–Crippen LogP) is 2.22. The van der Waals surface area contributed by atoms with Gasteiger partial charge in [-0.2, -0.15) is 28.1 Å². The Morgan fingerprint density at radius 1 is 1.00 bits per heavy atom. The second-order valence-electron chi connectivity index (χ2n) is 8.98. The quantitative estimate of drug-likeness (QED) is 0.635. The molecule has 0 atom stereocenters. The molecule has 0 radical (unpaired) electrons. The predicted molar refractivity (Wildman–Crippen MR) is 127 cm³/mol. The van der Waals surface area contributed by atoms with Crippen LogP contribution in [0.3, 0.4) is 0 Å². The van der Waals surface area contributed by atoms with Crippen LogP contribution in [0.25, 0.3) is 0 Å². The molecule has 0 saturated carbocycles. The number of alkyl halides is 3. The maximum atomic E-state index is 12.9. The number of nitrogens with zero attached hydrogens (tertiary/aromatic N) is 6. The largest absolute Gasteiger partial charge is 0.416 e. The Morgan fingerprint density at radius 3 is 2.23 bits per heavy atom. The molecule has 2 saturated heterocycles. The molecule has 35 heavy (non-hydrogen) atoms. The fourth-order valence-electron chi connectivity index (χ4n) is 4.29. The van der Waals surface area contributed by atoms with E-state index in [4.69, 9.17) is 4.98 Å². The monoisotopic (exact) mass is 492 g/mol. The molecule has 0 aliphatic carbocycles. The number of aromatic nitrogens is 3. The molecule has 12 heteroatoms. The van der Waals surface area contributed by atoms with Crippen LogP contribution in [-0.4, -0.2) is 79.1 Å². The van der Waals surface area contributed by atoms with E-state index in [9.17, 15) is 18.0 Å². The van der Waals surface area contributed by atoms with Crippen LogP contribution in [0.1, 0.15) is 24.0 Å². The number of hydrogen-bond donors (Lipinski definition) is 2. The smallest absolute Gasteiger partial charge is 0.357 e. The molecule has 2 fully saturated rings. The molecule has 2 N–H and O–H groups in total. The van der Waals surface area contributed by atoms with Crippen molar-refractivity contribution in [2.75, 3.05) is 68.5 Å². The Morgan fingerprint density at radius 2 is 1.63 bits per heavy atom. The first kappa shape index (κ1) is 25.0. The maximum Gasteiger partial charge on any atom is 0.416 e. The molecule has 0 unspecified atom stereocenters. The Hall–Kier alpha value is -3.15. The van der Waals surface area contributed by atoms with Crippen LogP contribution in [0.4, 0.5) is 31.0 Å². The number of hydrogen-bond acceptors (Lipinski definition) is 8. The lowest BCUT2D eigenvalue weighted by Gasteiger charge is -2.34. The number of anilines is 3. The van der Waals surface area contributed by atoms with Crippen LogP contribution in [0, 0.1) is 5.92 Å². The topological polar surface area (TPSA) is 89.5 Å². The minimum absolute atomic E-state index is 0.0658. The van der Waals surface area contributed by atoms with Crippen LogP contribution in [0.2, 0.25) is 0 Å². The lowest BCUT2D eigenvalue weighted by atomic mass is 9.96. The highest BCUT2D eigenvalue weighted by Crippen LogP contribution is 2.29. The number of benzene rings is 1. The van der Waals surface area contributed by atoms with E-state index in [1.165, 1.54) is 6.07 Å². The molecule has 4 rings (SSSR count). The Balaban J connectivity index is 1.33. The van der Waals surface area contributed by atoms with Gasteiger partial charge in [0.2, 0.25) is 23.8 Å². The Labute approximate surface area is 202 Å². The minimum Gasteiger partial charge on any atom is -0.357 e. The maximum absolute atomic E-state index is 12.9.